The zero-order valence-corrected chi connectivity index (χ0v) is 11.8. The largest absolute Gasteiger partial charge is 0.395 e. The van der Waals surface area contributed by atoms with Crippen molar-refractivity contribution in [3.05, 3.63) is 35.9 Å². The fourth-order valence-corrected chi connectivity index (χ4v) is 2.53. The maximum atomic E-state index is 9.85. The lowest BCUT2D eigenvalue weighted by Crippen LogP contribution is -2.43. The van der Waals surface area contributed by atoms with Crippen LogP contribution in [-0.2, 0) is 11.2 Å². The quantitative estimate of drug-likeness (QED) is 0.427. The Bertz CT molecular complexity index is 416. The number of rotatable bonds is 7. The van der Waals surface area contributed by atoms with Gasteiger partial charge in [0.2, 0.25) is 0 Å². The van der Waals surface area contributed by atoms with Gasteiger partial charge in [-0.1, -0.05) is 30.3 Å². The Labute approximate surface area is 124 Å². The molecule has 1 unspecified atom stereocenters. The van der Waals surface area contributed by atoms with E-state index in [9.17, 15) is 15.3 Å². The predicted octanol–water partition coefficient (Wildman–Crippen LogP) is -1.34. The molecule has 1 saturated heterocycles. The number of aliphatic hydroxyl groups is 4. The summed E-state index contributed by atoms with van der Waals surface area (Å²) in [6.07, 6.45) is -2.81. The van der Waals surface area contributed by atoms with E-state index >= 15 is 0 Å². The molecule has 118 valence electrons. The summed E-state index contributed by atoms with van der Waals surface area (Å²) in [5, 5.41) is 41.1. The van der Waals surface area contributed by atoms with E-state index in [1.54, 1.807) is 0 Å². The predicted molar refractivity (Wildman–Crippen MR) is 76.8 cm³/mol. The van der Waals surface area contributed by atoms with Crippen molar-refractivity contribution in [2.24, 2.45) is 0 Å². The first-order valence-electron chi connectivity index (χ1n) is 7.16. The highest BCUT2D eigenvalue weighted by molar-refractivity contribution is 5.15. The van der Waals surface area contributed by atoms with Gasteiger partial charge < -0.3 is 30.5 Å². The van der Waals surface area contributed by atoms with Gasteiger partial charge in [-0.05, 0) is 12.0 Å². The van der Waals surface area contributed by atoms with Crippen LogP contribution < -0.4 is 5.32 Å². The number of hydrogen-bond donors (Lipinski definition) is 5. The summed E-state index contributed by atoms with van der Waals surface area (Å²) in [4.78, 5) is 0. The summed E-state index contributed by atoms with van der Waals surface area (Å²) < 4.78 is 5.39. The number of nitrogens with one attached hydrogen (secondary N) is 1. The summed E-state index contributed by atoms with van der Waals surface area (Å²) >= 11 is 0. The molecule has 0 bridgehead atoms. The van der Waals surface area contributed by atoms with Crippen LogP contribution in [0, 0.1) is 0 Å². The summed E-state index contributed by atoms with van der Waals surface area (Å²) in [5.74, 6) is 0. The van der Waals surface area contributed by atoms with E-state index < -0.39 is 24.4 Å². The highest BCUT2D eigenvalue weighted by Crippen LogP contribution is 2.20. The van der Waals surface area contributed by atoms with Crippen LogP contribution >= 0.6 is 0 Å². The normalized spacial score (nSPS) is 30.5. The molecule has 21 heavy (non-hydrogen) atoms. The third kappa shape index (κ3) is 4.23. The minimum absolute atomic E-state index is 0.0380. The Morgan fingerprint density at radius 2 is 1.71 bits per heavy atom. The van der Waals surface area contributed by atoms with E-state index in [2.05, 4.69) is 5.32 Å². The molecule has 1 aliphatic heterocycles. The molecule has 0 aromatic heterocycles. The van der Waals surface area contributed by atoms with Crippen LogP contribution in [0.4, 0.5) is 0 Å². The Kier molecular flexibility index (Phi) is 6.10. The van der Waals surface area contributed by atoms with Crippen LogP contribution in [-0.4, -0.2) is 70.6 Å². The Hall–Kier alpha value is -1.02. The van der Waals surface area contributed by atoms with Crippen molar-refractivity contribution in [3.8, 4) is 0 Å². The maximum Gasteiger partial charge on any atom is 0.111 e. The smallest absolute Gasteiger partial charge is 0.111 e. The molecular weight excluding hydrogens is 274 g/mol. The topological polar surface area (TPSA) is 102 Å². The lowest BCUT2D eigenvalue weighted by Gasteiger charge is -2.21. The first-order valence-corrected chi connectivity index (χ1v) is 7.16. The summed E-state index contributed by atoms with van der Waals surface area (Å²) in [6, 6.07) is 9.62. The van der Waals surface area contributed by atoms with Gasteiger partial charge in [0.1, 0.15) is 18.3 Å². The monoisotopic (exact) mass is 297 g/mol. The number of hydrogen-bond acceptors (Lipinski definition) is 6. The molecule has 2 rings (SSSR count). The van der Waals surface area contributed by atoms with E-state index in [1.807, 2.05) is 30.3 Å². The second-order valence-electron chi connectivity index (χ2n) is 5.35. The van der Waals surface area contributed by atoms with Crippen molar-refractivity contribution in [3.63, 3.8) is 0 Å². The second-order valence-corrected chi connectivity index (χ2v) is 5.35. The minimum atomic E-state index is -1.08. The molecule has 6 nitrogen and oxygen atoms in total. The van der Waals surface area contributed by atoms with E-state index in [0.29, 0.717) is 13.0 Å². The van der Waals surface area contributed by atoms with Gasteiger partial charge in [0, 0.05) is 12.6 Å². The van der Waals surface area contributed by atoms with Crippen LogP contribution in [0.3, 0.4) is 0 Å². The van der Waals surface area contributed by atoms with Crippen molar-refractivity contribution in [2.75, 3.05) is 19.8 Å². The third-order valence-corrected chi connectivity index (χ3v) is 3.79. The average Bonchev–Trinajstić information content (AvgIpc) is 2.80. The molecule has 0 saturated carbocycles. The highest BCUT2D eigenvalue weighted by Gasteiger charge is 2.42. The third-order valence-electron chi connectivity index (χ3n) is 3.79. The molecule has 5 atom stereocenters. The average molecular weight is 297 g/mol. The highest BCUT2D eigenvalue weighted by atomic mass is 16.6. The van der Waals surface area contributed by atoms with Gasteiger partial charge in [-0.15, -0.1) is 0 Å². The Morgan fingerprint density at radius 3 is 2.29 bits per heavy atom. The SMILES string of the molecule is OCC(Cc1ccccc1)NC[C@H]1O[C@H](CO)[C@@H](O)[C@@H]1O. The molecular formula is C15H23NO5. The van der Waals surface area contributed by atoms with Crippen LogP contribution in [0.25, 0.3) is 0 Å². The van der Waals surface area contributed by atoms with E-state index in [0.717, 1.165) is 5.56 Å². The van der Waals surface area contributed by atoms with Crippen molar-refractivity contribution >= 4 is 0 Å². The van der Waals surface area contributed by atoms with Crippen LogP contribution in [0.15, 0.2) is 30.3 Å². The minimum Gasteiger partial charge on any atom is -0.395 e. The first kappa shape index (κ1) is 16.4. The number of aliphatic hydroxyl groups excluding tert-OH is 4. The summed E-state index contributed by atoms with van der Waals surface area (Å²) in [6.45, 7) is -0.0708. The van der Waals surface area contributed by atoms with Crippen LogP contribution in [0.5, 0.6) is 0 Å². The fraction of sp³-hybridized carbons (Fsp3) is 0.600. The first-order chi connectivity index (χ1) is 10.2. The van der Waals surface area contributed by atoms with Crippen molar-refractivity contribution in [1.82, 2.24) is 5.32 Å². The van der Waals surface area contributed by atoms with Crippen molar-refractivity contribution < 1.29 is 25.2 Å². The standard InChI is InChI=1S/C15H23NO5/c17-8-11(6-10-4-2-1-3-5-10)16-7-12-14(19)15(20)13(9-18)21-12/h1-5,11-20H,6-9H2/t11?,12-,13-,14-,15-/m1/s1. The molecule has 6 heteroatoms. The molecule has 0 radical (unpaired) electrons. The van der Waals surface area contributed by atoms with Crippen molar-refractivity contribution in [1.29, 1.82) is 0 Å². The van der Waals surface area contributed by atoms with Gasteiger partial charge in [-0.25, -0.2) is 0 Å². The van der Waals surface area contributed by atoms with Crippen LogP contribution in [0.1, 0.15) is 5.56 Å². The zero-order valence-electron chi connectivity index (χ0n) is 11.8. The Balaban J connectivity index is 1.83. The molecule has 1 heterocycles. The van der Waals surface area contributed by atoms with Gasteiger partial charge in [-0.3, -0.25) is 0 Å². The molecule has 0 amide bonds. The van der Waals surface area contributed by atoms with E-state index in [1.165, 1.54) is 0 Å². The second kappa shape index (κ2) is 7.84. The lowest BCUT2D eigenvalue weighted by molar-refractivity contribution is -0.0222. The van der Waals surface area contributed by atoms with Crippen molar-refractivity contribution in [2.45, 2.75) is 36.9 Å². The molecule has 0 spiro atoms. The van der Waals surface area contributed by atoms with E-state index in [-0.39, 0.29) is 19.3 Å². The number of benzene rings is 1. The fourth-order valence-electron chi connectivity index (χ4n) is 2.53. The molecule has 5 N–H and O–H groups in total. The van der Waals surface area contributed by atoms with Gasteiger partial charge in [0.05, 0.1) is 19.3 Å². The zero-order chi connectivity index (χ0) is 15.2. The molecule has 0 aliphatic carbocycles. The van der Waals surface area contributed by atoms with Gasteiger partial charge in [0.15, 0.2) is 0 Å². The lowest BCUT2D eigenvalue weighted by atomic mass is 10.1. The Morgan fingerprint density at radius 1 is 1.05 bits per heavy atom. The van der Waals surface area contributed by atoms with Gasteiger partial charge in [0.25, 0.3) is 0 Å². The summed E-state index contributed by atoms with van der Waals surface area (Å²) in [5.41, 5.74) is 1.10. The van der Waals surface area contributed by atoms with Gasteiger partial charge >= 0.3 is 0 Å². The molecule has 1 aromatic carbocycles. The van der Waals surface area contributed by atoms with Crippen LogP contribution in [0.2, 0.25) is 0 Å². The molecule has 1 fully saturated rings. The number of ether oxygens (including phenoxy) is 1. The maximum absolute atomic E-state index is 9.85. The molecule has 1 aliphatic rings. The van der Waals surface area contributed by atoms with E-state index in [4.69, 9.17) is 9.84 Å². The van der Waals surface area contributed by atoms with Gasteiger partial charge in [-0.2, -0.15) is 0 Å². The molecule has 1 aromatic rings. The summed E-state index contributed by atoms with van der Waals surface area (Å²) in [7, 11) is 0.